The first kappa shape index (κ1) is 27.1. The number of para-hydroxylation sites is 1. The lowest BCUT2D eigenvalue weighted by molar-refractivity contribution is 0.0947. The first-order chi connectivity index (χ1) is 18.7. The van der Waals surface area contributed by atoms with Crippen LogP contribution < -0.4 is 14.5 Å². The number of aromatic nitrogens is 1. The standard InChI is InChI=1S/C29H33N5O3S2/c1-21-19-22(2)27-26(20-21)38-29(31-27)34-17-15-33(16-18-34)14-13-30-28(35)23-9-11-25(12-10-23)39(36,37)32(3)24-7-5-4-6-8-24/h4-12,19-20H,13-18H2,1-3H3,(H,30,35). The number of nitrogens with one attached hydrogen (secondary N) is 1. The molecule has 3 aromatic carbocycles. The molecule has 5 rings (SSSR count). The van der Waals surface area contributed by atoms with E-state index in [4.69, 9.17) is 4.98 Å². The highest BCUT2D eigenvalue weighted by Gasteiger charge is 2.22. The summed E-state index contributed by atoms with van der Waals surface area (Å²) >= 11 is 1.75. The number of piperazine rings is 1. The highest BCUT2D eigenvalue weighted by molar-refractivity contribution is 7.92. The van der Waals surface area contributed by atoms with E-state index in [-0.39, 0.29) is 10.8 Å². The van der Waals surface area contributed by atoms with Crippen LogP contribution in [0.2, 0.25) is 0 Å². The van der Waals surface area contributed by atoms with Crippen molar-refractivity contribution in [1.29, 1.82) is 0 Å². The van der Waals surface area contributed by atoms with Crippen LogP contribution in [0, 0.1) is 13.8 Å². The van der Waals surface area contributed by atoms with Gasteiger partial charge in [-0.15, -0.1) is 0 Å². The van der Waals surface area contributed by atoms with Gasteiger partial charge >= 0.3 is 0 Å². The number of aryl methyl sites for hydroxylation is 2. The van der Waals surface area contributed by atoms with Crippen LogP contribution in [-0.4, -0.2) is 70.5 Å². The van der Waals surface area contributed by atoms with E-state index in [0.29, 0.717) is 17.8 Å². The van der Waals surface area contributed by atoms with E-state index in [2.05, 4.69) is 41.1 Å². The van der Waals surface area contributed by atoms with Crippen molar-refractivity contribution in [2.24, 2.45) is 0 Å². The molecule has 4 aromatic rings. The number of benzene rings is 3. The average Bonchev–Trinajstić information content (AvgIpc) is 3.38. The second kappa shape index (κ2) is 11.3. The van der Waals surface area contributed by atoms with Gasteiger partial charge in [0.2, 0.25) is 0 Å². The molecule has 0 saturated carbocycles. The molecular formula is C29H33N5O3S2. The number of rotatable bonds is 8. The number of sulfonamides is 1. The van der Waals surface area contributed by atoms with Crippen LogP contribution >= 0.6 is 11.3 Å². The molecule has 0 radical (unpaired) electrons. The molecule has 39 heavy (non-hydrogen) atoms. The van der Waals surface area contributed by atoms with Gasteiger partial charge in [-0.1, -0.05) is 35.6 Å². The van der Waals surface area contributed by atoms with Gasteiger partial charge in [0.05, 0.1) is 20.8 Å². The lowest BCUT2D eigenvalue weighted by Crippen LogP contribution is -2.48. The number of carbonyl (C=O) groups is 1. The molecular weight excluding hydrogens is 530 g/mol. The van der Waals surface area contributed by atoms with Gasteiger partial charge in [-0.2, -0.15) is 0 Å². The molecule has 1 amide bonds. The van der Waals surface area contributed by atoms with Crippen molar-refractivity contribution in [1.82, 2.24) is 15.2 Å². The van der Waals surface area contributed by atoms with E-state index in [1.807, 2.05) is 6.07 Å². The minimum atomic E-state index is -3.72. The minimum Gasteiger partial charge on any atom is -0.351 e. The van der Waals surface area contributed by atoms with Crippen LogP contribution in [0.25, 0.3) is 10.2 Å². The number of hydrogen-bond donors (Lipinski definition) is 1. The van der Waals surface area contributed by atoms with Crippen molar-refractivity contribution in [3.63, 3.8) is 0 Å². The molecule has 0 bridgehead atoms. The predicted octanol–water partition coefficient (Wildman–Crippen LogP) is 4.29. The molecule has 1 aliphatic rings. The zero-order valence-corrected chi connectivity index (χ0v) is 24.1. The van der Waals surface area contributed by atoms with Crippen LogP contribution in [-0.2, 0) is 10.0 Å². The third-order valence-electron chi connectivity index (χ3n) is 7.07. The number of hydrogen-bond acceptors (Lipinski definition) is 7. The van der Waals surface area contributed by atoms with E-state index in [0.717, 1.165) is 43.4 Å². The molecule has 204 valence electrons. The third kappa shape index (κ3) is 5.93. The van der Waals surface area contributed by atoms with Gasteiger partial charge in [-0.25, -0.2) is 13.4 Å². The lowest BCUT2D eigenvalue weighted by Gasteiger charge is -2.34. The van der Waals surface area contributed by atoms with Crippen molar-refractivity contribution in [2.45, 2.75) is 18.7 Å². The maximum absolute atomic E-state index is 13.0. The molecule has 1 aliphatic heterocycles. The van der Waals surface area contributed by atoms with E-state index in [9.17, 15) is 13.2 Å². The van der Waals surface area contributed by atoms with Crippen molar-refractivity contribution in [3.05, 3.63) is 83.4 Å². The minimum absolute atomic E-state index is 0.140. The highest BCUT2D eigenvalue weighted by Crippen LogP contribution is 2.32. The normalized spacial score (nSPS) is 14.5. The smallest absolute Gasteiger partial charge is 0.264 e. The zero-order valence-electron chi connectivity index (χ0n) is 22.4. The fourth-order valence-electron chi connectivity index (χ4n) is 4.80. The SMILES string of the molecule is Cc1cc(C)c2nc(N3CCN(CCNC(=O)c4ccc(S(=O)(=O)N(C)c5ccccc5)cc4)CC3)sc2c1. The van der Waals surface area contributed by atoms with Gasteiger partial charge in [0.25, 0.3) is 15.9 Å². The van der Waals surface area contributed by atoms with Crippen LogP contribution in [0.5, 0.6) is 0 Å². The van der Waals surface area contributed by atoms with Gasteiger partial charge in [0, 0.05) is 51.9 Å². The first-order valence-electron chi connectivity index (χ1n) is 13.0. The predicted molar refractivity (Wildman–Crippen MR) is 159 cm³/mol. The summed E-state index contributed by atoms with van der Waals surface area (Å²) in [4.78, 5) is 22.4. The Hall–Kier alpha value is -3.47. The Labute approximate surface area is 233 Å². The Morgan fingerprint density at radius 1 is 1.00 bits per heavy atom. The van der Waals surface area contributed by atoms with Gasteiger partial charge in [0.1, 0.15) is 0 Å². The summed E-state index contributed by atoms with van der Waals surface area (Å²) in [7, 11) is -2.20. The number of carbonyl (C=O) groups excluding carboxylic acids is 1. The molecule has 8 nitrogen and oxygen atoms in total. The summed E-state index contributed by atoms with van der Waals surface area (Å²) in [6.07, 6.45) is 0. The van der Waals surface area contributed by atoms with Gasteiger partial charge in [-0.3, -0.25) is 14.0 Å². The average molecular weight is 564 g/mol. The summed E-state index contributed by atoms with van der Waals surface area (Å²) in [5.41, 5.74) is 4.59. The van der Waals surface area contributed by atoms with Crippen molar-refractivity contribution < 1.29 is 13.2 Å². The summed E-state index contributed by atoms with van der Waals surface area (Å²) < 4.78 is 28.4. The quantitative estimate of drug-likeness (QED) is 0.344. The molecule has 1 saturated heterocycles. The lowest BCUT2D eigenvalue weighted by atomic mass is 10.1. The number of fused-ring (bicyclic) bond motifs is 1. The van der Waals surface area contributed by atoms with Crippen LogP contribution in [0.1, 0.15) is 21.5 Å². The van der Waals surface area contributed by atoms with Gasteiger partial charge < -0.3 is 10.2 Å². The van der Waals surface area contributed by atoms with E-state index >= 15 is 0 Å². The molecule has 1 aromatic heterocycles. The highest BCUT2D eigenvalue weighted by atomic mass is 32.2. The Bertz CT molecular complexity index is 1560. The first-order valence-corrected chi connectivity index (χ1v) is 15.3. The Morgan fingerprint density at radius 2 is 1.69 bits per heavy atom. The van der Waals surface area contributed by atoms with Crippen molar-refractivity contribution in [2.75, 3.05) is 55.5 Å². The number of nitrogens with zero attached hydrogens (tertiary/aromatic N) is 4. The molecule has 10 heteroatoms. The Morgan fingerprint density at radius 3 is 2.38 bits per heavy atom. The van der Waals surface area contributed by atoms with Crippen molar-refractivity contribution >= 4 is 48.3 Å². The number of anilines is 2. The third-order valence-corrected chi connectivity index (χ3v) is 9.93. The molecule has 0 spiro atoms. The largest absolute Gasteiger partial charge is 0.351 e. The molecule has 2 heterocycles. The Kier molecular flexibility index (Phi) is 7.88. The summed E-state index contributed by atoms with van der Waals surface area (Å²) in [5, 5.41) is 4.04. The van der Waals surface area contributed by atoms with Gasteiger partial charge in [-0.05, 0) is 67.4 Å². The summed E-state index contributed by atoms with van der Waals surface area (Å²) in [6.45, 7) is 9.14. The van der Waals surface area contributed by atoms with Crippen LogP contribution in [0.3, 0.4) is 0 Å². The second-order valence-corrected chi connectivity index (χ2v) is 12.8. The molecule has 0 atom stereocenters. The molecule has 0 unspecified atom stereocenters. The fourth-order valence-corrected chi connectivity index (χ4v) is 7.19. The van der Waals surface area contributed by atoms with E-state index < -0.39 is 10.0 Å². The molecule has 1 fully saturated rings. The van der Waals surface area contributed by atoms with Crippen molar-refractivity contribution in [3.8, 4) is 0 Å². The maximum Gasteiger partial charge on any atom is 0.264 e. The van der Waals surface area contributed by atoms with Crippen LogP contribution in [0.15, 0.2) is 71.6 Å². The monoisotopic (exact) mass is 563 g/mol. The zero-order chi connectivity index (χ0) is 27.6. The summed E-state index contributed by atoms with van der Waals surface area (Å²) in [6, 6.07) is 19.4. The molecule has 1 N–H and O–H groups in total. The fraction of sp³-hybridized carbons (Fsp3) is 0.310. The number of amides is 1. The molecule has 0 aliphatic carbocycles. The topological polar surface area (TPSA) is 85.9 Å². The summed E-state index contributed by atoms with van der Waals surface area (Å²) in [5.74, 6) is -0.214. The maximum atomic E-state index is 13.0. The Balaban J connectivity index is 1.10. The van der Waals surface area contributed by atoms with Crippen LogP contribution in [0.4, 0.5) is 10.8 Å². The number of thiazole rings is 1. The van der Waals surface area contributed by atoms with E-state index in [1.54, 1.807) is 47.7 Å². The van der Waals surface area contributed by atoms with Gasteiger partial charge in [0.15, 0.2) is 5.13 Å². The second-order valence-electron chi connectivity index (χ2n) is 9.84. The van der Waals surface area contributed by atoms with E-state index in [1.165, 1.54) is 39.3 Å².